The van der Waals surface area contributed by atoms with Crippen molar-refractivity contribution >= 4 is 0 Å². The summed E-state index contributed by atoms with van der Waals surface area (Å²) in [7, 11) is 0. The van der Waals surface area contributed by atoms with E-state index in [1.54, 1.807) is 0 Å². The lowest BCUT2D eigenvalue weighted by Crippen LogP contribution is -2.24. The van der Waals surface area contributed by atoms with Crippen LogP contribution >= 0.6 is 0 Å². The molecular weight excluding hydrogens is 270 g/mol. The van der Waals surface area contributed by atoms with Crippen LogP contribution in [0.25, 0.3) is 0 Å². The minimum atomic E-state index is 0.402. The van der Waals surface area contributed by atoms with Crippen LogP contribution in [0.1, 0.15) is 82.9 Å². The Hall–Kier alpha value is -1.05. The fourth-order valence-corrected chi connectivity index (χ4v) is 3.47. The van der Waals surface area contributed by atoms with Crippen molar-refractivity contribution in [2.45, 2.75) is 91.1 Å². The predicted molar refractivity (Wildman–Crippen MR) is 93.5 cm³/mol. The van der Waals surface area contributed by atoms with Crippen LogP contribution in [-0.4, -0.2) is 11.1 Å². The largest absolute Gasteiger partial charge is 0.489 e. The Labute approximate surface area is 136 Å². The zero-order valence-electron chi connectivity index (χ0n) is 14.7. The highest BCUT2D eigenvalue weighted by atomic mass is 16.5. The molecule has 1 heterocycles. The standard InChI is InChI=1S/C20H33NO/c1-4-6-7-8-9-20-16(3)14-19(15-21-20)22-18-12-10-17(5-2)11-13-18/h14-15,17-18H,4-13H2,1-3H3/t17-,18-. The summed E-state index contributed by atoms with van der Waals surface area (Å²) in [5.41, 5.74) is 2.54. The van der Waals surface area contributed by atoms with Crippen molar-refractivity contribution in [3.63, 3.8) is 0 Å². The van der Waals surface area contributed by atoms with Gasteiger partial charge in [0.25, 0.3) is 0 Å². The maximum Gasteiger partial charge on any atom is 0.138 e. The highest BCUT2D eigenvalue weighted by Gasteiger charge is 2.21. The number of unbranched alkanes of at least 4 members (excludes halogenated alkanes) is 3. The minimum Gasteiger partial charge on any atom is -0.489 e. The fraction of sp³-hybridized carbons (Fsp3) is 0.750. The summed E-state index contributed by atoms with van der Waals surface area (Å²) in [6.45, 7) is 6.73. The smallest absolute Gasteiger partial charge is 0.138 e. The quantitative estimate of drug-likeness (QED) is 0.561. The molecule has 1 fully saturated rings. The number of ether oxygens (including phenoxy) is 1. The lowest BCUT2D eigenvalue weighted by Gasteiger charge is -2.28. The van der Waals surface area contributed by atoms with E-state index in [0.717, 1.165) is 18.1 Å². The van der Waals surface area contributed by atoms with E-state index in [0.29, 0.717) is 6.10 Å². The zero-order valence-corrected chi connectivity index (χ0v) is 14.7. The highest BCUT2D eigenvalue weighted by Crippen LogP contribution is 2.29. The van der Waals surface area contributed by atoms with Crippen LogP contribution in [0.5, 0.6) is 5.75 Å². The van der Waals surface area contributed by atoms with E-state index < -0.39 is 0 Å². The summed E-state index contributed by atoms with van der Waals surface area (Å²) in [5, 5.41) is 0. The molecule has 1 aliphatic carbocycles. The monoisotopic (exact) mass is 303 g/mol. The third-order valence-corrected chi connectivity index (χ3v) is 5.10. The van der Waals surface area contributed by atoms with Gasteiger partial charge in [-0.25, -0.2) is 0 Å². The van der Waals surface area contributed by atoms with Crippen LogP contribution in [0.4, 0.5) is 0 Å². The molecule has 0 radical (unpaired) electrons. The molecule has 0 aliphatic heterocycles. The van der Waals surface area contributed by atoms with E-state index >= 15 is 0 Å². The van der Waals surface area contributed by atoms with Crippen LogP contribution in [0, 0.1) is 12.8 Å². The predicted octanol–water partition coefficient (Wildman–Crippen LogP) is 5.86. The van der Waals surface area contributed by atoms with E-state index in [2.05, 4.69) is 31.8 Å². The SMILES string of the molecule is CCCCCCc1ncc(O[C@H]2CC[C@H](CC)CC2)cc1C. The first-order chi connectivity index (χ1) is 10.7. The molecule has 124 valence electrons. The summed E-state index contributed by atoms with van der Waals surface area (Å²) in [6, 6.07) is 2.19. The number of hydrogen-bond donors (Lipinski definition) is 0. The van der Waals surface area contributed by atoms with Gasteiger partial charge in [-0.05, 0) is 63.0 Å². The Bertz CT molecular complexity index is 435. The van der Waals surface area contributed by atoms with Crippen LogP contribution in [-0.2, 0) is 6.42 Å². The number of nitrogens with zero attached hydrogens (tertiary/aromatic N) is 1. The molecule has 0 atom stereocenters. The van der Waals surface area contributed by atoms with Gasteiger partial charge in [-0.2, -0.15) is 0 Å². The van der Waals surface area contributed by atoms with Crippen LogP contribution in [0.3, 0.4) is 0 Å². The van der Waals surface area contributed by atoms with Gasteiger partial charge in [-0.3, -0.25) is 4.98 Å². The van der Waals surface area contributed by atoms with Crippen LogP contribution in [0.15, 0.2) is 12.3 Å². The maximum atomic E-state index is 6.16. The summed E-state index contributed by atoms with van der Waals surface area (Å²) in [5.74, 6) is 1.89. The molecule has 0 N–H and O–H groups in total. The molecule has 2 heteroatoms. The lowest BCUT2D eigenvalue weighted by molar-refractivity contribution is 0.129. The van der Waals surface area contributed by atoms with Gasteiger partial charge in [0.05, 0.1) is 12.3 Å². The van der Waals surface area contributed by atoms with Crippen molar-refractivity contribution in [1.29, 1.82) is 0 Å². The van der Waals surface area contributed by atoms with Gasteiger partial charge in [-0.1, -0.05) is 39.5 Å². The Balaban J connectivity index is 1.81. The van der Waals surface area contributed by atoms with Gasteiger partial charge >= 0.3 is 0 Å². The average Bonchev–Trinajstić information content (AvgIpc) is 2.54. The molecule has 1 aromatic heterocycles. The number of aryl methyl sites for hydroxylation is 2. The van der Waals surface area contributed by atoms with Crippen molar-refractivity contribution < 1.29 is 4.74 Å². The number of pyridine rings is 1. The van der Waals surface area contributed by atoms with Gasteiger partial charge < -0.3 is 4.74 Å². The molecule has 2 nitrogen and oxygen atoms in total. The average molecular weight is 303 g/mol. The molecule has 1 aliphatic rings. The van der Waals surface area contributed by atoms with Crippen molar-refractivity contribution in [2.75, 3.05) is 0 Å². The molecule has 2 rings (SSSR count). The maximum absolute atomic E-state index is 6.16. The topological polar surface area (TPSA) is 22.1 Å². The van der Waals surface area contributed by atoms with Gasteiger partial charge in [0.1, 0.15) is 5.75 Å². The van der Waals surface area contributed by atoms with Crippen molar-refractivity contribution in [3.05, 3.63) is 23.5 Å². The van der Waals surface area contributed by atoms with E-state index in [1.807, 2.05) is 6.20 Å². The first-order valence-corrected chi connectivity index (χ1v) is 9.35. The summed E-state index contributed by atoms with van der Waals surface area (Å²) in [6.07, 6.45) is 15.0. The molecular formula is C20H33NO. The van der Waals surface area contributed by atoms with Gasteiger partial charge in [-0.15, -0.1) is 0 Å². The third kappa shape index (κ3) is 5.30. The number of aromatic nitrogens is 1. The molecule has 0 aromatic carbocycles. The molecule has 0 saturated heterocycles. The highest BCUT2D eigenvalue weighted by molar-refractivity contribution is 5.28. The molecule has 0 spiro atoms. The molecule has 22 heavy (non-hydrogen) atoms. The van der Waals surface area contributed by atoms with Crippen molar-refractivity contribution in [1.82, 2.24) is 4.98 Å². The van der Waals surface area contributed by atoms with E-state index in [4.69, 9.17) is 4.74 Å². The molecule has 0 amide bonds. The molecule has 0 bridgehead atoms. The third-order valence-electron chi connectivity index (χ3n) is 5.10. The zero-order chi connectivity index (χ0) is 15.8. The Morgan fingerprint density at radius 2 is 1.86 bits per heavy atom. The first-order valence-electron chi connectivity index (χ1n) is 9.35. The molecule has 0 unspecified atom stereocenters. The van der Waals surface area contributed by atoms with Gasteiger partial charge in [0.2, 0.25) is 0 Å². The molecule has 1 aromatic rings. The summed E-state index contributed by atoms with van der Waals surface area (Å²) < 4.78 is 6.16. The Morgan fingerprint density at radius 1 is 1.09 bits per heavy atom. The number of hydrogen-bond acceptors (Lipinski definition) is 2. The first kappa shape index (κ1) is 17.3. The van der Waals surface area contributed by atoms with Crippen LogP contribution < -0.4 is 4.74 Å². The van der Waals surface area contributed by atoms with E-state index in [-0.39, 0.29) is 0 Å². The van der Waals surface area contributed by atoms with Crippen LogP contribution in [0.2, 0.25) is 0 Å². The minimum absolute atomic E-state index is 0.402. The molecule has 1 saturated carbocycles. The fourth-order valence-electron chi connectivity index (χ4n) is 3.47. The van der Waals surface area contributed by atoms with Gasteiger partial charge in [0.15, 0.2) is 0 Å². The van der Waals surface area contributed by atoms with Crippen molar-refractivity contribution in [2.24, 2.45) is 5.92 Å². The Morgan fingerprint density at radius 3 is 2.50 bits per heavy atom. The Kier molecular flexibility index (Phi) is 7.21. The second-order valence-electron chi connectivity index (χ2n) is 6.91. The lowest BCUT2D eigenvalue weighted by atomic mass is 9.86. The van der Waals surface area contributed by atoms with Crippen molar-refractivity contribution in [3.8, 4) is 5.75 Å². The second kappa shape index (κ2) is 9.17. The summed E-state index contributed by atoms with van der Waals surface area (Å²) in [4.78, 5) is 4.65. The van der Waals surface area contributed by atoms with E-state index in [1.165, 1.54) is 69.0 Å². The second-order valence-corrected chi connectivity index (χ2v) is 6.91. The summed E-state index contributed by atoms with van der Waals surface area (Å²) >= 11 is 0. The normalized spacial score (nSPS) is 21.8. The number of rotatable bonds is 8. The van der Waals surface area contributed by atoms with E-state index in [9.17, 15) is 0 Å². The van der Waals surface area contributed by atoms with Gasteiger partial charge in [0, 0.05) is 5.69 Å².